The van der Waals surface area contributed by atoms with Crippen molar-refractivity contribution in [1.82, 2.24) is 0 Å². The third-order valence-corrected chi connectivity index (χ3v) is 8.18. The van der Waals surface area contributed by atoms with Crippen molar-refractivity contribution in [3.8, 4) is 11.5 Å². The normalized spacial score (nSPS) is 19.6. The van der Waals surface area contributed by atoms with Gasteiger partial charge in [0.05, 0.1) is 6.61 Å². The van der Waals surface area contributed by atoms with Gasteiger partial charge in [-0.2, -0.15) is 0 Å². The van der Waals surface area contributed by atoms with Gasteiger partial charge < -0.3 is 14.6 Å². The SMILES string of the molecule is Cc1c(C)c2c(c(C)c1OCCO)CC[C@@](C)(CCC[C@H](C)CCC[C@H](C)CCCC(C)C)O2. The standard InChI is InChI=1S/C31H54O3/c1-22(2)12-9-13-23(3)14-10-15-24(4)16-11-18-31(8)19-17-28-27(7)29(33-21-20-32)25(5)26(6)30(28)34-31/h22-24,32H,9-21H2,1-8H3/t23-,24-,31-/m1/s1. The van der Waals surface area contributed by atoms with Gasteiger partial charge in [-0.05, 0) is 87.8 Å². The first-order valence-corrected chi connectivity index (χ1v) is 14.1. The lowest BCUT2D eigenvalue weighted by Gasteiger charge is -2.38. The summed E-state index contributed by atoms with van der Waals surface area (Å²) >= 11 is 0. The van der Waals surface area contributed by atoms with Crippen molar-refractivity contribution >= 4 is 0 Å². The van der Waals surface area contributed by atoms with Gasteiger partial charge in [0.15, 0.2) is 0 Å². The Labute approximate surface area is 211 Å². The van der Waals surface area contributed by atoms with E-state index in [1.54, 1.807) is 0 Å². The van der Waals surface area contributed by atoms with E-state index in [-0.39, 0.29) is 12.2 Å². The van der Waals surface area contributed by atoms with E-state index in [0.29, 0.717) is 6.61 Å². The lowest BCUT2D eigenvalue weighted by Crippen LogP contribution is -2.37. The Hall–Kier alpha value is -1.22. The monoisotopic (exact) mass is 474 g/mol. The van der Waals surface area contributed by atoms with Crippen molar-refractivity contribution in [2.24, 2.45) is 17.8 Å². The lowest BCUT2D eigenvalue weighted by molar-refractivity contribution is 0.0511. The fourth-order valence-electron chi connectivity index (χ4n) is 5.62. The molecule has 1 N–H and O–H groups in total. The molecule has 1 aliphatic rings. The minimum atomic E-state index is -0.0746. The summed E-state index contributed by atoms with van der Waals surface area (Å²) in [6.45, 7) is 18.6. The third-order valence-electron chi connectivity index (χ3n) is 8.18. The van der Waals surface area contributed by atoms with Crippen molar-refractivity contribution < 1.29 is 14.6 Å². The quantitative estimate of drug-likeness (QED) is 0.277. The molecule has 0 fully saturated rings. The van der Waals surface area contributed by atoms with Crippen molar-refractivity contribution in [3.63, 3.8) is 0 Å². The molecule has 3 heteroatoms. The fourth-order valence-corrected chi connectivity index (χ4v) is 5.62. The number of ether oxygens (including phenoxy) is 2. The smallest absolute Gasteiger partial charge is 0.127 e. The average molecular weight is 475 g/mol. The van der Waals surface area contributed by atoms with Gasteiger partial charge in [-0.3, -0.25) is 0 Å². The molecule has 0 aliphatic carbocycles. The zero-order valence-corrected chi connectivity index (χ0v) is 23.7. The second-order valence-electron chi connectivity index (χ2n) is 12.0. The second kappa shape index (κ2) is 13.8. The third kappa shape index (κ3) is 8.47. The maximum absolute atomic E-state index is 9.18. The van der Waals surface area contributed by atoms with Crippen molar-refractivity contribution in [2.45, 2.75) is 132 Å². The van der Waals surface area contributed by atoms with E-state index in [9.17, 15) is 5.11 Å². The number of fused-ring (bicyclic) bond motifs is 1. The molecule has 34 heavy (non-hydrogen) atoms. The molecule has 2 rings (SSSR count). The summed E-state index contributed by atoms with van der Waals surface area (Å²) in [5, 5.41) is 9.18. The number of benzene rings is 1. The molecule has 0 amide bonds. The minimum absolute atomic E-state index is 0.0410. The molecule has 0 radical (unpaired) electrons. The van der Waals surface area contributed by atoms with Crippen molar-refractivity contribution in [1.29, 1.82) is 0 Å². The molecule has 0 spiro atoms. The Morgan fingerprint density at radius 1 is 0.853 bits per heavy atom. The summed E-state index contributed by atoms with van der Waals surface area (Å²) in [4.78, 5) is 0. The van der Waals surface area contributed by atoms with E-state index in [1.807, 2.05) is 0 Å². The molecule has 1 heterocycles. The van der Waals surface area contributed by atoms with E-state index in [2.05, 4.69) is 55.4 Å². The summed E-state index contributed by atoms with van der Waals surface area (Å²) in [6, 6.07) is 0. The molecule has 0 aromatic heterocycles. The highest BCUT2D eigenvalue weighted by atomic mass is 16.5. The molecular formula is C31H54O3. The summed E-state index contributed by atoms with van der Waals surface area (Å²) in [6.07, 6.45) is 14.1. The molecule has 0 saturated heterocycles. The van der Waals surface area contributed by atoms with Gasteiger partial charge in [0, 0.05) is 5.56 Å². The van der Waals surface area contributed by atoms with E-state index in [0.717, 1.165) is 54.1 Å². The Bertz CT molecular complexity index is 754. The molecule has 0 unspecified atom stereocenters. The van der Waals surface area contributed by atoms with Crippen LogP contribution < -0.4 is 9.47 Å². The number of aliphatic hydroxyl groups excluding tert-OH is 1. The van der Waals surface area contributed by atoms with Crippen LogP contribution in [0.25, 0.3) is 0 Å². The van der Waals surface area contributed by atoms with Gasteiger partial charge in [0.2, 0.25) is 0 Å². The first kappa shape index (κ1) is 29.0. The number of hydrogen-bond donors (Lipinski definition) is 1. The van der Waals surface area contributed by atoms with E-state index < -0.39 is 0 Å². The lowest BCUT2D eigenvalue weighted by atomic mass is 9.83. The van der Waals surface area contributed by atoms with Gasteiger partial charge in [-0.25, -0.2) is 0 Å². The maximum atomic E-state index is 9.18. The number of hydrogen-bond acceptors (Lipinski definition) is 3. The largest absolute Gasteiger partial charge is 0.491 e. The first-order valence-electron chi connectivity index (χ1n) is 14.1. The highest BCUT2D eigenvalue weighted by Crippen LogP contribution is 2.45. The van der Waals surface area contributed by atoms with Crippen LogP contribution in [0.1, 0.15) is 121 Å². The Balaban J connectivity index is 1.80. The van der Waals surface area contributed by atoms with Crippen LogP contribution >= 0.6 is 0 Å². The van der Waals surface area contributed by atoms with Crippen LogP contribution in [0, 0.1) is 38.5 Å². The Morgan fingerprint density at radius 2 is 1.44 bits per heavy atom. The summed E-state index contributed by atoms with van der Waals surface area (Å²) < 4.78 is 12.6. The van der Waals surface area contributed by atoms with Gasteiger partial charge in [-0.15, -0.1) is 0 Å². The molecular weight excluding hydrogens is 420 g/mol. The molecule has 0 bridgehead atoms. The van der Waals surface area contributed by atoms with E-state index >= 15 is 0 Å². The summed E-state index contributed by atoms with van der Waals surface area (Å²) in [5.41, 5.74) is 4.73. The Morgan fingerprint density at radius 3 is 2.03 bits per heavy atom. The van der Waals surface area contributed by atoms with Gasteiger partial charge in [-0.1, -0.05) is 72.6 Å². The zero-order valence-electron chi connectivity index (χ0n) is 23.7. The molecule has 196 valence electrons. The fraction of sp³-hybridized carbons (Fsp3) is 0.806. The molecule has 3 nitrogen and oxygen atoms in total. The maximum Gasteiger partial charge on any atom is 0.127 e. The molecule has 1 aromatic rings. The molecule has 1 aliphatic heterocycles. The van der Waals surface area contributed by atoms with Crippen molar-refractivity contribution in [2.75, 3.05) is 13.2 Å². The molecule has 0 saturated carbocycles. The van der Waals surface area contributed by atoms with Crippen molar-refractivity contribution in [3.05, 3.63) is 22.3 Å². The van der Waals surface area contributed by atoms with Crippen LogP contribution in [0.3, 0.4) is 0 Å². The predicted octanol–water partition coefficient (Wildman–Crippen LogP) is 8.51. The predicted molar refractivity (Wildman–Crippen MR) is 145 cm³/mol. The van der Waals surface area contributed by atoms with Crippen LogP contribution in [-0.2, 0) is 6.42 Å². The number of aliphatic hydroxyl groups is 1. The van der Waals surface area contributed by atoms with E-state index in [4.69, 9.17) is 9.47 Å². The van der Waals surface area contributed by atoms with Crippen LogP contribution in [-0.4, -0.2) is 23.9 Å². The van der Waals surface area contributed by atoms with Crippen LogP contribution in [0.15, 0.2) is 0 Å². The van der Waals surface area contributed by atoms with E-state index in [1.165, 1.54) is 68.1 Å². The minimum Gasteiger partial charge on any atom is -0.491 e. The molecule has 3 atom stereocenters. The van der Waals surface area contributed by atoms with Gasteiger partial charge in [0.25, 0.3) is 0 Å². The van der Waals surface area contributed by atoms with Gasteiger partial charge >= 0.3 is 0 Å². The van der Waals surface area contributed by atoms with Crippen LogP contribution in [0.5, 0.6) is 11.5 Å². The average Bonchev–Trinajstić information content (AvgIpc) is 2.77. The Kier molecular flexibility index (Phi) is 11.7. The first-order chi connectivity index (χ1) is 16.1. The van der Waals surface area contributed by atoms with Crippen LogP contribution in [0.4, 0.5) is 0 Å². The highest BCUT2D eigenvalue weighted by Gasteiger charge is 2.34. The van der Waals surface area contributed by atoms with Gasteiger partial charge in [0.1, 0.15) is 23.7 Å². The second-order valence-corrected chi connectivity index (χ2v) is 12.0. The topological polar surface area (TPSA) is 38.7 Å². The highest BCUT2D eigenvalue weighted by molar-refractivity contribution is 5.59. The molecule has 1 aromatic carbocycles. The number of rotatable bonds is 15. The summed E-state index contributed by atoms with van der Waals surface area (Å²) in [7, 11) is 0. The summed E-state index contributed by atoms with van der Waals surface area (Å²) in [5.74, 6) is 4.54. The zero-order chi connectivity index (χ0) is 25.3. The van der Waals surface area contributed by atoms with Crippen LogP contribution in [0.2, 0.25) is 0 Å².